The number of H-pyrrole nitrogens is 1. The van der Waals surface area contributed by atoms with E-state index in [0.29, 0.717) is 19.4 Å². The van der Waals surface area contributed by atoms with Gasteiger partial charge in [0, 0.05) is 35.8 Å². The first-order valence-electron chi connectivity index (χ1n) is 8.39. The van der Waals surface area contributed by atoms with E-state index in [1.807, 2.05) is 30.3 Å². The number of carbonyl (C=O) groups excluding carboxylic acids is 1. The van der Waals surface area contributed by atoms with E-state index < -0.39 is 0 Å². The van der Waals surface area contributed by atoms with Crippen molar-refractivity contribution in [2.45, 2.75) is 25.7 Å². The summed E-state index contributed by atoms with van der Waals surface area (Å²) in [5, 5.41) is 4.26. The average Bonchev–Trinajstić information content (AvgIpc) is 3.01. The van der Waals surface area contributed by atoms with Crippen LogP contribution in [0.4, 0.5) is 5.69 Å². The molecular formula is C20H23N3O. The summed E-state index contributed by atoms with van der Waals surface area (Å²) in [5.74, 6) is 0.0807. The van der Waals surface area contributed by atoms with Crippen LogP contribution < -0.4 is 11.1 Å². The molecule has 0 atom stereocenters. The zero-order valence-corrected chi connectivity index (χ0v) is 13.7. The molecule has 4 N–H and O–H groups in total. The van der Waals surface area contributed by atoms with Gasteiger partial charge in [-0.1, -0.05) is 36.4 Å². The largest absolute Gasteiger partial charge is 0.399 e. The van der Waals surface area contributed by atoms with E-state index in [2.05, 4.69) is 34.7 Å². The fraction of sp³-hybridized carbons (Fsp3) is 0.250. The summed E-state index contributed by atoms with van der Waals surface area (Å²) in [5.41, 5.74) is 10.1. The molecule has 2 aromatic carbocycles. The Labute approximate surface area is 142 Å². The first-order valence-corrected chi connectivity index (χ1v) is 8.39. The van der Waals surface area contributed by atoms with Crippen LogP contribution in [0.25, 0.3) is 10.9 Å². The molecule has 4 heteroatoms. The minimum absolute atomic E-state index is 0.0807. The van der Waals surface area contributed by atoms with Crippen molar-refractivity contribution in [3.05, 3.63) is 65.9 Å². The van der Waals surface area contributed by atoms with Crippen LogP contribution in [0.2, 0.25) is 0 Å². The second-order valence-corrected chi connectivity index (χ2v) is 6.01. The Hall–Kier alpha value is -2.75. The molecule has 24 heavy (non-hydrogen) atoms. The van der Waals surface area contributed by atoms with E-state index >= 15 is 0 Å². The lowest BCUT2D eigenvalue weighted by Crippen LogP contribution is -2.25. The number of fused-ring (bicyclic) bond motifs is 1. The van der Waals surface area contributed by atoms with Crippen LogP contribution in [-0.4, -0.2) is 17.4 Å². The van der Waals surface area contributed by atoms with E-state index in [0.717, 1.165) is 29.6 Å². The number of nitrogen functional groups attached to an aromatic ring is 1. The van der Waals surface area contributed by atoms with Gasteiger partial charge in [-0.15, -0.1) is 0 Å². The molecule has 3 aromatic rings. The number of nitrogens with one attached hydrogen (secondary N) is 2. The standard InChI is InChI=1S/C20H23N3O/c21-18-9-3-1-6-15(18)11-12-20(24)22-13-5-7-16-14-23-19-10-4-2-8-17(16)19/h1-4,6,8-10,14,23H,5,7,11-13,21H2,(H,22,24). The fourth-order valence-electron chi connectivity index (χ4n) is 2.94. The summed E-state index contributed by atoms with van der Waals surface area (Å²) in [6.45, 7) is 0.697. The number of benzene rings is 2. The highest BCUT2D eigenvalue weighted by Crippen LogP contribution is 2.18. The van der Waals surface area contributed by atoms with Gasteiger partial charge < -0.3 is 16.0 Å². The quantitative estimate of drug-likeness (QED) is 0.461. The third kappa shape index (κ3) is 3.96. The smallest absolute Gasteiger partial charge is 0.220 e. The third-order valence-electron chi connectivity index (χ3n) is 4.30. The highest BCUT2D eigenvalue weighted by molar-refractivity contribution is 5.83. The molecule has 0 spiro atoms. The average molecular weight is 321 g/mol. The van der Waals surface area contributed by atoms with Crippen LogP contribution in [0.3, 0.4) is 0 Å². The van der Waals surface area contributed by atoms with Crippen molar-refractivity contribution in [1.29, 1.82) is 0 Å². The fourth-order valence-corrected chi connectivity index (χ4v) is 2.94. The predicted molar refractivity (Wildman–Crippen MR) is 98.8 cm³/mol. The number of aromatic amines is 1. The first kappa shape index (κ1) is 16.1. The number of carbonyl (C=O) groups is 1. The van der Waals surface area contributed by atoms with Crippen LogP contribution >= 0.6 is 0 Å². The molecule has 0 bridgehead atoms. The highest BCUT2D eigenvalue weighted by atomic mass is 16.1. The summed E-state index contributed by atoms with van der Waals surface area (Å²) < 4.78 is 0. The zero-order chi connectivity index (χ0) is 16.8. The van der Waals surface area contributed by atoms with Crippen molar-refractivity contribution in [3.8, 4) is 0 Å². The lowest BCUT2D eigenvalue weighted by Gasteiger charge is -2.07. The van der Waals surface area contributed by atoms with Crippen LogP contribution in [0.15, 0.2) is 54.7 Å². The summed E-state index contributed by atoms with van der Waals surface area (Å²) in [6.07, 6.45) is 5.10. The normalized spacial score (nSPS) is 10.8. The second kappa shape index (κ2) is 7.68. The Kier molecular flexibility index (Phi) is 5.16. The Bertz CT molecular complexity index is 822. The molecule has 1 heterocycles. The Morgan fingerprint density at radius 1 is 1.00 bits per heavy atom. The zero-order valence-electron chi connectivity index (χ0n) is 13.7. The van der Waals surface area contributed by atoms with Crippen LogP contribution in [0.1, 0.15) is 24.0 Å². The van der Waals surface area contributed by atoms with Gasteiger partial charge in [-0.05, 0) is 42.5 Å². The number of aryl methyl sites for hydroxylation is 2. The van der Waals surface area contributed by atoms with Crippen molar-refractivity contribution in [2.24, 2.45) is 0 Å². The van der Waals surface area contributed by atoms with Gasteiger partial charge in [0.15, 0.2) is 0 Å². The third-order valence-corrected chi connectivity index (χ3v) is 4.30. The molecule has 0 unspecified atom stereocenters. The number of amides is 1. The molecule has 1 amide bonds. The SMILES string of the molecule is Nc1ccccc1CCC(=O)NCCCc1c[nH]c2ccccc12. The number of hydrogen-bond acceptors (Lipinski definition) is 2. The predicted octanol–water partition coefficient (Wildman–Crippen LogP) is 3.43. The second-order valence-electron chi connectivity index (χ2n) is 6.01. The number of hydrogen-bond donors (Lipinski definition) is 3. The Morgan fingerprint density at radius 3 is 2.67 bits per heavy atom. The monoisotopic (exact) mass is 321 g/mol. The van der Waals surface area contributed by atoms with Gasteiger partial charge in [0.25, 0.3) is 0 Å². The number of anilines is 1. The molecule has 0 radical (unpaired) electrons. The summed E-state index contributed by atoms with van der Waals surface area (Å²) in [4.78, 5) is 15.2. The van der Waals surface area contributed by atoms with Gasteiger partial charge >= 0.3 is 0 Å². The molecule has 0 aliphatic rings. The van der Waals surface area contributed by atoms with Gasteiger partial charge in [0.1, 0.15) is 0 Å². The topological polar surface area (TPSA) is 70.9 Å². The van der Waals surface area contributed by atoms with E-state index in [9.17, 15) is 4.79 Å². The molecule has 1 aromatic heterocycles. The summed E-state index contributed by atoms with van der Waals surface area (Å²) in [7, 11) is 0. The molecule has 0 aliphatic carbocycles. The molecular weight excluding hydrogens is 298 g/mol. The summed E-state index contributed by atoms with van der Waals surface area (Å²) >= 11 is 0. The maximum Gasteiger partial charge on any atom is 0.220 e. The number of aromatic nitrogens is 1. The Balaban J connectivity index is 1.40. The van der Waals surface area contributed by atoms with Crippen molar-refractivity contribution in [3.63, 3.8) is 0 Å². The van der Waals surface area contributed by atoms with Gasteiger partial charge in [-0.3, -0.25) is 4.79 Å². The maximum atomic E-state index is 11.9. The van der Waals surface area contributed by atoms with Crippen molar-refractivity contribution >= 4 is 22.5 Å². The van der Waals surface area contributed by atoms with E-state index in [-0.39, 0.29) is 5.91 Å². The lowest BCUT2D eigenvalue weighted by atomic mass is 10.1. The van der Waals surface area contributed by atoms with Gasteiger partial charge in [0.05, 0.1) is 0 Å². The molecule has 0 saturated carbocycles. The number of para-hydroxylation sites is 2. The molecule has 4 nitrogen and oxygen atoms in total. The highest BCUT2D eigenvalue weighted by Gasteiger charge is 2.05. The lowest BCUT2D eigenvalue weighted by molar-refractivity contribution is -0.121. The van der Waals surface area contributed by atoms with Crippen molar-refractivity contribution in [1.82, 2.24) is 10.3 Å². The maximum absolute atomic E-state index is 11.9. The first-order chi connectivity index (χ1) is 11.7. The molecule has 0 saturated heterocycles. The van der Waals surface area contributed by atoms with Crippen LogP contribution in [0, 0.1) is 0 Å². The summed E-state index contributed by atoms with van der Waals surface area (Å²) in [6, 6.07) is 16.0. The van der Waals surface area contributed by atoms with E-state index in [1.165, 1.54) is 10.9 Å². The van der Waals surface area contributed by atoms with Crippen molar-refractivity contribution < 1.29 is 4.79 Å². The minimum atomic E-state index is 0.0807. The number of nitrogens with two attached hydrogens (primary N) is 1. The molecule has 3 rings (SSSR count). The van der Waals surface area contributed by atoms with Crippen LogP contribution in [0.5, 0.6) is 0 Å². The van der Waals surface area contributed by atoms with E-state index in [1.54, 1.807) is 0 Å². The van der Waals surface area contributed by atoms with Gasteiger partial charge in [-0.25, -0.2) is 0 Å². The minimum Gasteiger partial charge on any atom is -0.399 e. The number of rotatable bonds is 7. The van der Waals surface area contributed by atoms with Gasteiger partial charge in [0.2, 0.25) is 5.91 Å². The van der Waals surface area contributed by atoms with Crippen LogP contribution in [-0.2, 0) is 17.6 Å². The molecule has 124 valence electrons. The molecule has 0 fully saturated rings. The van der Waals surface area contributed by atoms with Crippen molar-refractivity contribution in [2.75, 3.05) is 12.3 Å². The molecule has 0 aliphatic heterocycles. The Morgan fingerprint density at radius 2 is 1.79 bits per heavy atom. The van der Waals surface area contributed by atoms with Gasteiger partial charge in [-0.2, -0.15) is 0 Å². The van der Waals surface area contributed by atoms with E-state index in [4.69, 9.17) is 5.73 Å².